The van der Waals surface area contributed by atoms with Crippen LogP contribution in [0.1, 0.15) is 142 Å². The summed E-state index contributed by atoms with van der Waals surface area (Å²) in [7, 11) is -4.75. The monoisotopic (exact) mass is 858 g/mol. The van der Waals surface area contributed by atoms with Crippen LogP contribution in [-0.4, -0.2) is 59.9 Å². The van der Waals surface area contributed by atoms with Crippen LogP contribution in [0, 0.1) is 0 Å². The number of aliphatic carboxylic acids is 1. The Labute approximate surface area is 361 Å². The van der Waals surface area contributed by atoms with Crippen LogP contribution in [0.3, 0.4) is 0 Å². The molecule has 0 aliphatic heterocycles. The minimum Gasteiger partial charge on any atom is -0.480 e. The van der Waals surface area contributed by atoms with E-state index in [1.807, 2.05) is 24.3 Å². The second kappa shape index (κ2) is 41.9. The molecule has 0 heterocycles. The Hall–Kier alpha value is -3.86. The van der Waals surface area contributed by atoms with Gasteiger partial charge in [0.15, 0.2) is 6.10 Å². The van der Waals surface area contributed by atoms with Gasteiger partial charge in [0.2, 0.25) is 0 Å². The molecule has 0 spiro atoms. The average molecular weight is 858 g/mol. The first-order valence-electron chi connectivity index (χ1n) is 21.9. The number of allylic oxidation sites excluding steroid dienone is 18. The maximum absolute atomic E-state index is 12.6. The first-order chi connectivity index (χ1) is 29.1. The van der Waals surface area contributed by atoms with Crippen LogP contribution >= 0.6 is 7.82 Å². The number of phosphoric acid groups is 1. The quantitative estimate of drug-likeness (QED) is 0.0232. The van der Waals surface area contributed by atoms with E-state index in [1.54, 1.807) is 0 Å². The third-order valence-electron chi connectivity index (χ3n) is 8.52. The zero-order valence-electron chi connectivity index (χ0n) is 36.5. The summed E-state index contributed by atoms with van der Waals surface area (Å²) in [6, 6.07) is -1.54. The van der Waals surface area contributed by atoms with Gasteiger partial charge in [0, 0.05) is 12.8 Å². The van der Waals surface area contributed by atoms with Crippen molar-refractivity contribution in [2.45, 2.75) is 154 Å². The van der Waals surface area contributed by atoms with Gasteiger partial charge in [0.05, 0.1) is 13.2 Å². The molecule has 0 amide bonds. The van der Waals surface area contributed by atoms with E-state index in [0.29, 0.717) is 19.3 Å². The van der Waals surface area contributed by atoms with E-state index >= 15 is 0 Å². The Morgan fingerprint density at radius 3 is 1.47 bits per heavy atom. The Kier molecular flexibility index (Phi) is 39.2. The molecule has 0 fully saturated rings. The molecule has 0 aliphatic rings. The fourth-order valence-corrected chi connectivity index (χ4v) is 5.88. The van der Waals surface area contributed by atoms with Crippen molar-refractivity contribution < 1.29 is 47.5 Å². The van der Waals surface area contributed by atoms with Crippen molar-refractivity contribution in [2.24, 2.45) is 5.73 Å². The highest BCUT2D eigenvalue weighted by molar-refractivity contribution is 7.47. The zero-order valence-corrected chi connectivity index (χ0v) is 37.4. The van der Waals surface area contributed by atoms with Gasteiger partial charge in [-0.2, -0.15) is 0 Å². The van der Waals surface area contributed by atoms with Gasteiger partial charge in [-0.25, -0.2) is 4.57 Å². The van der Waals surface area contributed by atoms with Gasteiger partial charge >= 0.3 is 25.7 Å². The van der Waals surface area contributed by atoms with Gasteiger partial charge in [-0.1, -0.05) is 155 Å². The number of nitrogens with two attached hydrogens (primary N) is 1. The Bertz CT molecular complexity index is 1430. The van der Waals surface area contributed by atoms with Crippen molar-refractivity contribution in [1.29, 1.82) is 0 Å². The van der Waals surface area contributed by atoms with Crippen LogP contribution in [0.5, 0.6) is 0 Å². The second-order valence-electron chi connectivity index (χ2n) is 14.1. The molecule has 0 saturated heterocycles. The Morgan fingerprint density at radius 2 is 0.967 bits per heavy atom. The van der Waals surface area contributed by atoms with Crippen molar-refractivity contribution in [3.63, 3.8) is 0 Å². The normalized spacial score (nSPS) is 14.7. The van der Waals surface area contributed by atoms with Crippen LogP contribution in [0.2, 0.25) is 0 Å². The summed E-state index contributed by atoms with van der Waals surface area (Å²) < 4.78 is 32.5. The van der Waals surface area contributed by atoms with Gasteiger partial charge in [0.1, 0.15) is 12.6 Å². The third kappa shape index (κ3) is 40.9. The van der Waals surface area contributed by atoms with Crippen LogP contribution in [0.15, 0.2) is 109 Å². The smallest absolute Gasteiger partial charge is 0.472 e. The summed E-state index contributed by atoms with van der Waals surface area (Å²) >= 11 is 0. The van der Waals surface area contributed by atoms with E-state index < -0.39 is 57.7 Å². The SMILES string of the molecule is CC/C=C/C/C=C/C/C=C/C/C=C/C/C=C/C/C=C/CCC(=O)OC[C@H](COP(=O)(O)OC[C@H](N)C(=O)O)OC(=O)CCC/C=C/C/C=C/C/C=C/CCCCCCCC. The van der Waals surface area contributed by atoms with Crippen molar-refractivity contribution in [1.82, 2.24) is 0 Å². The average Bonchev–Trinajstić information content (AvgIpc) is 3.22. The summed E-state index contributed by atoms with van der Waals surface area (Å²) in [4.78, 5) is 45.9. The Balaban J connectivity index is 4.59. The molecular formula is C48H76NO10P. The molecule has 12 heteroatoms. The summed E-state index contributed by atoms with van der Waals surface area (Å²) in [6.45, 7) is 2.53. The largest absolute Gasteiger partial charge is 0.480 e. The molecule has 1 unspecified atom stereocenters. The van der Waals surface area contributed by atoms with Crippen molar-refractivity contribution >= 4 is 25.7 Å². The van der Waals surface area contributed by atoms with Gasteiger partial charge in [0.25, 0.3) is 0 Å². The number of rotatable bonds is 39. The number of carboxylic acids is 1. The standard InChI is InChI=1S/C48H76NO10P/c1-3-5-7-9-11-13-15-17-19-21-22-24-25-27-29-31-33-35-37-39-46(50)56-41-44(42-57-60(54,55)58-43-45(49)48(52)53)59-47(51)40-38-36-34-32-30-28-26-23-20-18-16-14-12-10-8-6-4-2/h5,7,11,13,17-20,22,24,26-29,32-35,44-45H,3-4,6,8-10,12,14-16,21,23,25,30-31,36-43,49H2,1-2H3,(H,52,53)(H,54,55)/b7-5+,13-11+,19-17+,20-18+,24-22+,28-26+,29-27+,34-32+,35-33+/t44-,45+/m1/s1. The minimum atomic E-state index is -4.75. The molecule has 0 aromatic carbocycles. The topological polar surface area (TPSA) is 172 Å². The third-order valence-corrected chi connectivity index (χ3v) is 9.47. The number of unbranched alkanes of at least 4 members (excludes halogenated alkanes) is 7. The van der Waals surface area contributed by atoms with Crippen molar-refractivity contribution in [3.8, 4) is 0 Å². The van der Waals surface area contributed by atoms with Crippen LogP contribution in [-0.2, 0) is 37.5 Å². The second-order valence-corrected chi connectivity index (χ2v) is 15.5. The number of esters is 2. The van der Waals surface area contributed by atoms with Gasteiger partial charge < -0.3 is 25.2 Å². The lowest BCUT2D eigenvalue weighted by Crippen LogP contribution is -2.34. The highest BCUT2D eigenvalue weighted by atomic mass is 31.2. The molecule has 11 nitrogen and oxygen atoms in total. The molecule has 0 saturated carbocycles. The molecule has 338 valence electrons. The number of carbonyl (C=O) groups is 3. The number of carbonyl (C=O) groups excluding carboxylic acids is 2. The fraction of sp³-hybridized carbons (Fsp3) is 0.562. The lowest BCUT2D eigenvalue weighted by Gasteiger charge is -2.20. The predicted octanol–water partition coefficient (Wildman–Crippen LogP) is 11.8. The van der Waals surface area contributed by atoms with E-state index in [2.05, 4.69) is 103 Å². The number of ether oxygens (including phenoxy) is 2. The summed E-state index contributed by atoms with van der Waals surface area (Å²) in [5.74, 6) is -2.57. The number of carboxylic acid groups (broad SMARTS) is 1. The van der Waals surface area contributed by atoms with Crippen LogP contribution in [0.25, 0.3) is 0 Å². The Morgan fingerprint density at radius 1 is 0.533 bits per heavy atom. The first-order valence-corrected chi connectivity index (χ1v) is 23.4. The van der Waals surface area contributed by atoms with E-state index in [1.165, 1.54) is 38.5 Å². The molecule has 0 rings (SSSR count). The molecule has 60 heavy (non-hydrogen) atoms. The maximum Gasteiger partial charge on any atom is 0.472 e. The van der Waals surface area contributed by atoms with E-state index in [9.17, 15) is 23.8 Å². The molecular weight excluding hydrogens is 781 g/mol. The lowest BCUT2D eigenvalue weighted by molar-refractivity contribution is -0.161. The van der Waals surface area contributed by atoms with Crippen LogP contribution < -0.4 is 5.73 Å². The number of phosphoric ester groups is 1. The fourth-order valence-electron chi connectivity index (χ4n) is 5.10. The van der Waals surface area contributed by atoms with E-state index in [0.717, 1.165) is 57.8 Å². The molecule has 0 aromatic rings. The summed E-state index contributed by atoms with van der Waals surface area (Å²) in [5.41, 5.74) is 5.32. The highest BCUT2D eigenvalue weighted by Crippen LogP contribution is 2.43. The predicted molar refractivity (Wildman–Crippen MR) is 244 cm³/mol. The van der Waals surface area contributed by atoms with Gasteiger partial charge in [-0.3, -0.25) is 23.4 Å². The molecule has 0 aromatic heterocycles. The molecule has 4 N–H and O–H groups in total. The van der Waals surface area contributed by atoms with E-state index in [4.69, 9.17) is 24.8 Å². The van der Waals surface area contributed by atoms with Crippen molar-refractivity contribution in [2.75, 3.05) is 19.8 Å². The zero-order chi connectivity index (χ0) is 44.2. The molecule has 3 atom stereocenters. The first kappa shape index (κ1) is 56.1. The molecule has 0 radical (unpaired) electrons. The lowest BCUT2D eigenvalue weighted by atomic mass is 10.1. The summed E-state index contributed by atoms with van der Waals surface area (Å²) in [5, 5.41) is 8.89. The maximum atomic E-state index is 12.6. The van der Waals surface area contributed by atoms with Crippen molar-refractivity contribution in [3.05, 3.63) is 109 Å². The van der Waals surface area contributed by atoms with E-state index in [-0.39, 0.29) is 12.8 Å². The van der Waals surface area contributed by atoms with Gasteiger partial charge in [-0.05, 0) is 83.5 Å². The minimum absolute atomic E-state index is 0.0669. The number of hydrogen-bond acceptors (Lipinski definition) is 9. The van der Waals surface area contributed by atoms with Gasteiger partial charge in [-0.15, -0.1) is 0 Å². The number of hydrogen-bond donors (Lipinski definition) is 3. The summed E-state index contributed by atoms with van der Waals surface area (Å²) in [6.07, 6.45) is 54.6. The highest BCUT2D eigenvalue weighted by Gasteiger charge is 2.28. The van der Waals surface area contributed by atoms with Crippen LogP contribution in [0.4, 0.5) is 0 Å². The molecule has 0 bridgehead atoms. The molecule has 0 aliphatic carbocycles.